The molecule has 6 heteroatoms. The van der Waals surface area contributed by atoms with Crippen molar-refractivity contribution in [1.29, 1.82) is 0 Å². The number of rotatable bonds is 5. The molecule has 1 unspecified atom stereocenters. The molecule has 1 aromatic rings. The van der Waals surface area contributed by atoms with Crippen LogP contribution in [0.2, 0.25) is 0 Å². The minimum absolute atomic E-state index is 0.115. The van der Waals surface area contributed by atoms with Crippen molar-refractivity contribution in [3.05, 3.63) is 23.4 Å². The largest absolute Gasteiger partial charge is 0.409 e. The Balaban J connectivity index is 2.25. The fourth-order valence-electron chi connectivity index (χ4n) is 3.01. The van der Waals surface area contributed by atoms with Crippen LogP contribution >= 0.6 is 0 Å². The molecule has 6 nitrogen and oxygen atoms in total. The monoisotopic (exact) mass is 291 g/mol. The molecule has 3 N–H and O–H groups in total. The summed E-state index contributed by atoms with van der Waals surface area (Å²) in [5.74, 6) is 0.934. The molecule has 0 aliphatic carbocycles. The van der Waals surface area contributed by atoms with Gasteiger partial charge in [-0.15, -0.1) is 0 Å². The van der Waals surface area contributed by atoms with E-state index in [1.54, 1.807) is 0 Å². The maximum atomic E-state index is 8.95. The summed E-state index contributed by atoms with van der Waals surface area (Å²) in [6.45, 7) is 10.3. The molecule has 1 aliphatic heterocycles. The van der Waals surface area contributed by atoms with Gasteiger partial charge in [-0.05, 0) is 38.6 Å². The highest BCUT2D eigenvalue weighted by atomic mass is 16.4. The highest BCUT2D eigenvalue weighted by molar-refractivity contribution is 6.01. The number of aromatic nitrogens is 1. The van der Waals surface area contributed by atoms with Gasteiger partial charge in [-0.25, -0.2) is 4.98 Å². The number of aryl methyl sites for hydroxylation is 1. The Labute approximate surface area is 126 Å². The zero-order valence-corrected chi connectivity index (χ0v) is 13.1. The number of amidine groups is 1. The van der Waals surface area contributed by atoms with E-state index in [2.05, 4.69) is 33.8 Å². The van der Waals surface area contributed by atoms with Crippen molar-refractivity contribution in [3.8, 4) is 0 Å². The van der Waals surface area contributed by atoms with Crippen LogP contribution in [0.4, 0.5) is 5.82 Å². The number of pyridine rings is 1. The van der Waals surface area contributed by atoms with E-state index < -0.39 is 0 Å². The number of nitrogens with zero attached hydrogens (tertiary/aromatic N) is 4. The van der Waals surface area contributed by atoms with E-state index in [4.69, 9.17) is 10.9 Å². The number of hydrogen-bond acceptors (Lipinski definition) is 5. The Kier molecular flexibility index (Phi) is 5.01. The van der Waals surface area contributed by atoms with E-state index in [1.807, 2.05) is 19.1 Å². The van der Waals surface area contributed by atoms with Gasteiger partial charge in [-0.3, -0.25) is 4.90 Å². The first kappa shape index (κ1) is 15.6. The molecule has 2 heterocycles. The number of hydrogen-bond donors (Lipinski definition) is 2. The van der Waals surface area contributed by atoms with Gasteiger partial charge in [0.2, 0.25) is 0 Å². The fraction of sp³-hybridized carbons (Fsp3) is 0.600. The molecule has 2 rings (SSSR count). The standard InChI is InChI=1S/C15H25N5O/c1-4-19(5-2)12-8-9-20(10-12)15-13(14(16)18-21)7-6-11(3)17-15/h6-7,12,21H,4-5,8-10H2,1-3H3,(H2,16,18). The average molecular weight is 291 g/mol. The topological polar surface area (TPSA) is 78.0 Å². The molecule has 1 aromatic heterocycles. The molecule has 0 saturated carbocycles. The van der Waals surface area contributed by atoms with Crippen molar-refractivity contribution in [3.63, 3.8) is 0 Å². The van der Waals surface area contributed by atoms with Crippen molar-refractivity contribution < 1.29 is 5.21 Å². The van der Waals surface area contributed by atoms with Crippen molar-refractivity contribution >= 4 is 11.7 Å². The highest BCUT2D eigenvalue weighted by Gasteiger charge is 2.28. The molecular weight excluding hydrogens is 266 g/mol. The summed E-state index contributed by atoms with van der Waals surface area (Å²) < 4.78 is 0. The van der Waals surface area contributed by atoms with Gasteiger partial charge in [0, 0.05) is 24.8 Å². The second kappa shape index (κ2) is 6.76. The molecule has 1 saturated heterocycles. The van der Waals surface area contributed by atoms with Gasteiger partial charge in [0.05, 0.1) is 5.56 Å². The van der Waals surface area contributed by atoms with Crippen LogP contribution in [0.25, 0.3) is 0 Å². The second-order valence-corrected chi connectivity index (χ2v) is 5.42. The van der Waals surface area contributed by atoms with Crippen LogP contribution < -0.4 is 10.6 Å². The molecule has 21 heavy (non-hydrogen) atoms. The first-order chi connectivity index (χ1) is 10.1. The first-order valence-corrected chi connectivity index (χ1v) is 7.55. The van der Waals surface area contributed by atoms with Crippen LogP contribution in [0.15, 0.2) is 17.3 Å². The molecule has 0 radical (unpaired) electrons. The molecule has 1 atom stereocenters. The SMILES string of the molecule is CCN(CC)C1CCN(c2nc(C)ccc2C(N)=NO)C1. The Bertz CT molecular complexity index is 513. The average Bonchev–Trinajstić information content (AvgIpc) is 2.97. The summed E-state index contributed by atoms with van der Waals surface area (Å²) in [6, 6.07) is 4.30. The van der Waals surface area contributed by atoms with Gasteiger partial charge in [0.25, 0.3) is 0 Å². The van der Waals surface area contributed by atoms with E-state index in [1.165, 1.54) is 0 Å². The Hall–Kier alpha value is -1.82. The molecular formula is C15H25N5O. The molecule has 0 spiro atoms. The van der Waals surface area contributed by atoms with Crippen LogP contribution in [0.1, 0.15) is 31.5 Å². The highest BCUT2D eigenvalue weighted by Crippen LogP contribution is 2.25. The Morgan fingerprint density at radius 2 is 2.19 bits per heavy atom. The van der Waals surface area contributed by atoms with Crippen LogP contribution in [0.3, 0.4) is 0 Å². The summed E-state index contributed by atoms with van der Waals surface area (Å²) in [5.41, 5.74) is 7.42. The second-order valence-electron chi connectivity index (χ2n) is 5.42. The number of likely N-dealkylation sites (N-methyl/N-ethyl adjacent to an activating group) is 1. The van der Waals surface area contributed by atoms with Gasteiger partial charge < -0.3 is 15.8 Å². The van der Waals surface area contributed by atoms with E-state index in [0.29, 0.717) is 11.6 Å². The third-order valence-electron chi connectivity index (χ3n) is 4.19. The lowest BCUT2D eigenvalue weighted by Gasteiger charge is -2.27. The van der Waals surface area contributed by atoms with Crippen molar-refractivity contribution in [2.24, 2.45) is 10.9 Å². The van der Waals surface area contributed by atoms with E-state index in [-0.39, 0.29) is 5.84 Å². The lowest BCUT2D eigenvalue weighted by molar-refractivity contribution is 0.232. The van der Waals surface area contributed by atoms with E-state index >= 15 is 0 Å². The molecule has 0 amide bonds. The summed E-state index contributed by atoms with van der Waals surface area (Å²) in [6.07, 6.45) is 1.12. The van der Waals surface area contributed by atoms with Crippen LogP contribution in [0.5, 0.6) is 0 Å². The minimum Gasteiger partial charge on any atom is -0.409 e. The molecule has 116 valence electrons. The summed E-state index contributed by atoms with van der Waals surface area (Å²) >= 11 is 0. The maximum absolute atomic E-state index is 8.95. The van der Waals surface area contributed by atoms with Gasteiger partial charge in [-0.1, -0.05) is 19.0 Å². The fourth-order valence-corrected chi connectivity index (χ4v) is 3.01. The Morgan fingerprint density at radius 1 is 1.48 bits per heavy atom. The molecule has 0 aromatic carbocycles. The maximum Gasteiger partial charge on any atom is 0.173 e. The van der Waals surface area contributed by atoms with Gasteiger partial charge in [0.1, 0.15) is 5.82 Å². The smallest absolute Gasteiger partial charge is 0.173 e. The van der Waals surface area contributed by atoms with Crippen LogP contribution in [-0.2, 0) is 0 Å². The number of oxime groups is 1. The molecule has 1 aliphatic rings. The summed E-state index contributed by atoms with van der Waals surface area (Å²) in [5, 5.41) is 12.1. The Morgan fingerprint density at radius 3 is 2.81 bits per heavy atom. The third-order valence-corrected chi connectivity index (χ3v) is 4.19. The van der Waals surface area contributed by atoms with Gasteiger partial charge >= 0.3 is 0 Å². The minimum atomic E-state index is 0.115. The summed E-state index contributed by atoms with van der Waals surface area (Å²) in [7, 11) is 0. The van der Waals surface area contributed by atoms with Crippen molar-refractivity contribution in [2.75, 3.05) is 31.1 Å². The van der Waals surface area contributed by atoms with E-state index in [9.17, 15) is 0 Å². The third kappa shape index (κ3) is 3.26. The van der Waals surface area contributed by atoms with Crippen LogP contribution in [-0.4, -0.2) is 53.1 Å². The predicted molar refractivity (Wildman–Crippen MR) is 85.0 cm³/mol. The van der Waals surface area contributed by atoms with Crippen LogP contribution in [0, 0.1) is 6.92 Å². The molecule has 0 bridgehead atoms. The zero-order chi connectivity index (χ0) is 15.4. The first-order valence-electron chi connectivity index (χ1n) is 7.55. The lowest BCUT2D eigenvalue weighted by atomic mass is 10.2. The molecule has 1 fully saturated rings. The van der Waals surface area contributed by atoms with Crippen molar-refractivity contribution in [1.82, 2.24) is 9.88 Å². The number of anilines is 1. The van der Waals surface area contributed by atoms with Gasteiger partial charge in [-0.2, -0.15) is 0 Å². The van der Waals surface area contributed by atoms with Gasteiger partial charge in [0.15, 0.2) is 5.84 Å². The predicted octanol–water partition coefficient (Wildman–Crippen LogP) is 1.41. The quantitative estimate of drug-likeness (QED) is 0.371. The number of nitrogens with two attached hydrogens (primary N) is 1. The van der Waals surface area contributed by atoms with Crippen molar-refractivity contribution in [2.45, 2.75) is 33.2 Å². The summed E-state index contributed by atoms with van der Waals surface area (Å²) in [4.78, 5) is 9.32. The normalized spacial score (nSPS) is 19.5. The van der Waals surface area contributed by atoms with E-state index in [0.717, 1.165) is 44.1 Å². The lowest BCUT2D eigenvalue weighted by Crippen LogP contribution is -2.37. The zero-order valence-electron chi connectivity index (χ0n) is 13.1.